The van der Waals surface area contributed by atoms with Gasteiger partial charge in [-0.25, -0.2) is 0 Å². The van der Waals surface area contributed by atoms with Crippen LogP contribution in [0.25, 0.3) is 0 Å². The Morgan fingerprint density at radius 2 is 1.93 bits per heavy atom. The molecule has 1 unspecified atom stereocenters. The summed E-state index contributed by atoms with van der Waals surface area (Å²) in [5.74, 6) is 0.633. The summed E-state index contributed by atoms with van der Waals surface area (Å²) in [5.41, 5.74) is 7.62. The zero-order valence-electron chi connectivity index (χ0n) is 7.48. The number of hydrogen-bond acceptors (Lipinski definition) is 3. The molecule has 0 spiro atoms. The molecule has 0 aliphatic rings. The van der Waals surface area contributed by atoms with Gasteiger partial charge in [0.05, 0.1) is 0 Å². The van der Waals surface area contributed by atoms with E-state index in [0.717, 1.165) is 17.7 Å². The third kappa shape index (κ3) is 6.85. The SMILES string of the molecule is NS(=O)[O-].Nc1ccccc1CCCl. The van der Waals surface area contributed by atoms with Crippen LogP contribution in [0.3, 0.4) is 0 Å². The lowest BCUT2D eigenvalue weighted by Gasteiger charge is -2.00. The van der Waals surface area contributed by atoms with Crippen LogP contribution < -0.4 is 10.9 Å². The number of halogens is 1. The van der Waals surface area contributed by atoms with Crippen LogP contribution in [0.15, 0.2) is 24.3 Å². The van der Waals surface area contributed by atoms with Gasteiger partial charge in [-0.15, -0.1) is 11.6 Å². The van der Waals surface area contributed by atoms with Crippen LogP contribution in [0.5, 0.6) is 0 Å². The van der Waals surface area contributed by atoms with Gasteiger partial charge in [-0.2, -0.15) is 0 Å². The maximum atomic E-state index is 8.78. The molecule has 0 saturated heterocycles. The van der Waals surface area contributed by atoms with Gasteiger partial charge in [-0.3, -0.25) is 9.35 Å². The summed E-state index contributed by atoms with van der Waals surface area (Å²) in [6.45, 7) is 0. The molecule has 6 heteroatoms. The number of anilines is 1. The normalized spacial score (nSPS) is 11.4. The fraction of sp³-hybridized carbons (Fsp3) is 0.250. The van der Waals surface area contributed by atoms with Crippen molar-refractivity contribution in [3.05, 3.63) is 29.8 Å². The third-order valence-electron chi connectivity index (χ3n) is 1.42. The molecule has 0 aromatic heterocycles. The van der Waals surface area contributed by atoms with Gasteiger partial charge in [0.1, 0.15) is 0 Å². The second kappa shape index (κ2) is 7.75. The maximum Gasteiger partial charge on any atom is 0.0346 e. The second-order valence-corrected chi connectivity index (χ2v) is 3.30. The van der Waals surface area contributed by atoms with Gasteiger partial charge in [0, 0.05) is 22.8 Å². The fourth-order valence-corrected chi connectivity index (χ4v) is 1.07. The van der Waals surface area contributed by atoms with Crippen molar-refractivity contribution >= 4 is 28.6 Å². The Kier molecular flexibility index (Phi) is 7.41. The number of aryl methyl sites for hydroxylation is 1. The molecule has 4 nitrogen and oxygen atoms in total. The van der Waals surface area contributed by atoms with Crippen molar-refractivity contribution in [1.82, 2.24) is 0 Å². The van der Waals surface area contributed by atoms with E-state index in [1.807, 2.05) is 24.3 Å². The summed E-state index contributed by atoms with van der Waals surface area (Å²) < 4.78 is 17.6. The Morgan fingerprint density at radius 1 is 1.43 bits per heavy atom. The zero-order valence-corrected chi connectivity index (χ0v) is 9.05. The fourth-order valence-electron chi connectivity index (χ4n) is 0.864. The van der Waals surface area contributed by atoms with Gasteiger partial charge < -0.3 is 10.3 Å². The van der Waals surface area contributed by atoms with E-state index in [0.29, 0.717) is 5.88 Å². The Morgan fingerprint density at radius 3 is 2.36 bits per heavy atom. The van der Waals surface area contributed by atoms with E-state index in [-0.39, 0.29) is 0 Å². The van der Waals surface area contributed by atoms with Crippen LogP contribution in [-0.2, 0) is 17.7 Å². The first kappa shape index (κ1) is 13.4. The van der Waals surface area contributed by atoms with Crippen molar-refractivity contribution in [2.45, 2.75) is 6.42 Å². The van der Waals surface area contributed by atoms with Crippen molar-refractivity contribution in [2.24, 2.45) is 5.14 Å². The first-order chi connectivity index (χ1) is 6.57. The molecule has 0 fully saturated rings. The molecule has 1 atom stereocenters. The molecule has 14 heavy (non-hydrogen) atoms. The topological polar surface area (TPSA) is 92.2 Å². The van der Waals surface area contributed by atoms with E-state index in [1.54, 1.807) is 0 Å². The first-order valence-electron chi connectivity index (χ1n) is 3.81. The standard InChI is InChI=1S/C8H10ClN.H3NO2S/c9-6-5-7-3-1-2-4-8(7)10;1-4(2)3/h1-4H,5-6,10H2;1H2,(H,2,3)/p-1. The predicted molar refractivity (Wildman–Crippen MR) is 58.4 cm³/mol. The van der Waals surface area contributed by atoms with E-state index < -0.39 is 11.3 Å². The van der Waals surface area contributed by atoms with Gasteiger partial charge in [-0.1, -0.05) is 18.2 Å². The van der Waals surface area contributed by atoms with Gasteiger partial charge in [-0.05, 0) is 18.1 Å². The number of hydrogen-bond donors (Lipinski definition) is 2. The summed E-state index contributed by atoms with van der Waals surface area (Å²) >= 11 is 3.19. The van der Waals surface area contributed by atoms with Crippen LogP contribution in [-0.4, -0.2) is 14.6 Å². The third-order valence-corrected chi connectivity index (χ3v) is 1.61. The van der Waals surface area contributed by atoms with E-state index in [4.69, 9.17) is 26.1 Å². The van der Waals surface area contributed by atoms with E-state index in [1.165, 1.54) is 0 Å². The maximum absolute atomic E-state index is 8.78. The number of alkyl halides is 1. The molecule has 1 aromatic rings. The Hall–Kier alpha value is -0.620. The van der Waals surface area contributed by atoms with Crippen molar-refractivity contribution in [3.63, 3.8) is 0 Å². The Balaban J connectivity index is 0.000000364. The van der Waals surface area contributed by atoms with Crippen molar-refractivity contribution in [2.75, 3.05) is 11.6 Å². The minimum atomic E-state index is -2.36. The lowest BCUT2D eigenvalue weighted by atomic mass is 10.1. The quantitative estimate of drug-likeness (QED) is 0.451. The number of benzene rings is 1. The predicted octanol–water partition coefficient (Wildman–Crippen LogP) is 0.789. The van der Waals surface area contributed by atoms with Gasteiger partial charge in [0.15, 0.2) is 0 Å². The van der Waals surface area contributed by atoms with Gasteiger partial charge in [0.25, 0.3) is 0 Å². The van der Waals surface area contributed by atoms with Crippen LogP contribution in [0.2, 0.25) is 0 Å². The molecule has 80 valence electrons. The average molecular weight is 236 g/mol. The molecule has 4 N–H and O–H groups in total. The van der Waals surface area contributed by atoms with E-state index in [9.17, 15) is 0 Å². The zero-order chi connectivity index (χ0) is 11.0. The largest absolute Gasteiger partial charge is 0.760 e. The number of nitrogen functional groups attached to an aromatic ring is 1. The highest BCUT2D eigenvalue weighted by Crippen LogP contribution is 2.10. The molecule has 0 amide bonds. The van der Waals surface area contributed by atoms with E-state index in [2.05, 4.69) is 5.14 Å². The van der Waals surface area contributed by atoms with Crippen LogP contribution in [0.1, 0.15) is 5.56 Å². The highest BCUT2D eigenvalue weighted by molar-refractivity contribution is 7.76. The summed E-state index contributed by atoms with van der Waals surface area (Å²) in [7, 11) is 0. The minimum absolute atomic E-state index is 0.633. The molecular formula is C8H12ClN2O2S-. The molecule has 0 saturated carbocycles. The smallest absolute Gasteiger partial charge is 0.0346 e. The first-order valence-corrected chi connectivity index (χ1v) is 5.48. The minimum Gasteiger partial charge on any atom is -0.760 e. The van der Waals surface area contributed by atoms with Crippen LogP contribution in [0.4, 0.5) is 5.69 Å². The molecule has 0 radical (unpaired) electrons. The van der Waals surface area contributed by atoms with Crippen LogP contribution >= 0.6 is 11.6 Å². The Labute approximate surface area is 90.7 Å². The van der Waals surface area contributed by atoms with Crippen molar-refractivity contribution in [1.29, 1.82) is 0 Å². The lowest BCUT2D eigenvalue weighted by Crippen LogP contribution is -1.97. The highest BCUT2D eigenvalue weighted by Gasteiger charge is 1.93. The number of nitrogens with two attached hydrogens (primary N) is 2. The van der Waals surface area contributed by atoms with E-state index >= 15 is 0 Å². The molecular weight excluding hydrogens is 224 g/mol. The van der Waals surface area contributed by atoms with Crippen molar-refractivity contribution < 1.29 is 8.76 Å². The second-order valence-electron chi connectivity index (χ2n) is 2.40. The lowest BCUT2D eigenvalue weighted by molar-refractivity contribution is 0.539. The Bertz CT molecular complexity index is 292. The summed E-state index contributed by atoms with van der Waals surface area (Å²) in [6.07, 6.45) is 0.855. The highest BCUT2D eigenvalue weighted by atomic mass is 35.5. The van der Waals surface area contributed by atoms with Gasteiger partial charge >= 0.3 is 0 Å². The van der Waals surface area contributed by atoms with Crippen LogP contribution in [0, 0.1) is 0 Å². The summed E-state index contributed by atoms with van der Waals surface area (Å²) in [4.78, 5) is 0. The summed E-state index contributed by atoms with van der Waals surface area (Å²) in [6, 6.07) is 7.78. The number of para-hydroxylation sites is 1. The molecule has 0 bridgehead atoms. The van der Waals surface area contributed by atoms with Crippen molar-refractivity contribution in [3.8, 4) is 0 Å². The average Bonchev–Trinajstić information content (AvgIpc) is 2.08. The summed E-state index contributed by atoms with van der Waals surface area (Å²) in [5, 5.41) is 4.03. The molecule has 1 rings (SSSR count). The molecule has 0 heterocycles. The monoisotopic (exact) mass is 235 g/mol. The molecule has 0 aliphatic carbocycles. The molecule has 1 aromatic carbocycles. The number of rotatable bonds is 2. The van der Waals surface area contributed by atoms with Gasteiger partial charge in [0.2, 0.25) is 0 Å². The molecule has 0 aliphatic heterocycles.